The van der Waals surface area contributed by atoms with Gasteiger partial charge in [0.15, 0.2) is 5.69 Å². The Morgan fingerprint density at radius 2 is 2.35 bits per heavy atom. The van der Waals surface area contributed by atoms with Gasteiger partial charge in [0.2, 0.25) is 0 Å². The molecule has 1 aliphatic carbocycles. The lowest BCUT2D eigenvalue weighted by molar-refractivity contribution is 0.101. The SMILES string of the molecule is CC1CCc2onc(C(=O)Nc3ccc(Cl)cn3)c2C1. The van der Waals surface area contributed by atoms with Crippen LogP contribution in [0, 0.1) is 5.92 Å². The summed E-state index contributed by atoms with van der Waals surface area (Å²) in [7, 11) is 0. The molecule has 1 amide bonds. The van der Waals surface area contributed by atoms with E-state index >= 15 is 0 Å². The number of anilines is 1. The van der Waals surface area contributed by atoms with Crippen LogP contribution in [0.1, 0.15) is 35.2 Å². The Hall–Kier alpha value is -1.88. The van der Waals surface area contributed by atoms with Crippen LogP contribution in [0.5, 0.6) is 0 Å². The summed E-state index contributed by atoms with van der Waals surface area (Å²) < 4.78 is 5.26. The number of hydrogen-bond donors (Lipinski definition) is 1. The molecule has 6 heteroatoms. The van der Waals surface area contributed by atoms with Gasteiger partial charge < -0.3 is 9.84 Å². The van der Waals surface area contributed by atoms with Crippen LogP contribution in [0.4, 0.5) is 5.82 Å². The Labute approximate surface area is 121 Å². The fourth-order valence-electron chi connectivity index (χ4n) is 2.38. The van der Waals surface area contributed by atoms with Crippen molar-refractivity contribution in [2.45, 2.75) is 26.2 Å². The van der Waals surface area contributed by atoms with Gasteiger partial charge in [0.05, 0.1) is 5.02 Å². The van der Waals surface area contributed by atoms with E-state index in [9.17, 15) is 4.79 Å². The number of carbonyl (C=O) groups excluding carboxylic acids is 1. The maximum atomic E-state index is 12.2. The third-order valence-electron chi connectivity index (χ3n) is 3.47. The van der Waals surface area contributed by atoms with Crippen molar-refractivity contribution >= 4 is 23.3 Å². The zero-order chi connectivity index (χ0) is 14.1. The van der Waals surface area contributed by atoms with Gasteiger partial charge in [-0.05, 0) is 30.9 Å². The van der Waals surface area contributed by atoms with Crippen LogP contribution in [-0.4, -0.2) is 16.0 Å². The molecule has 1 aliphatic rings. The molecule has 1 unspecified atom stereocenters. The molecule has 1 N–H and O–H groups in total. The fourth-order valence-corrected chi connectivity index (χ4v) is 2.49. The second kappa shape index (κ2) is 5.25. The third-order valence-corrected chi connectivity index (χ3v) is 3.69. The molecule has 0 saturated heterocycles. The van der Waals surface area contributed by atoms with Gasteiger partial charge in [0.25, 0.3) is 5.91 Å². The maximum Gasteiger partial charge on any atom is 0.279 e. The number of rotatable bonds is 2. The van der Waals surface area contributed by atoms with Crippen LogP contribution in [0.2, 0.25) is 5.02 Å². The van der Waals surface area contributed by atoms with Crippen molar-refractivity contribution < 1.29 is 9.32 Å². The fraction of sp³-hybridized carbons (Fsp3) is 0.357. The van der Waals surface area contributed by atoms with Gasteiger partial charge in [-0.2, -0.15) is 0 Å². The molecule has 0 saturated carbocycles. The molecule has 20 heavy (non-hydrogen) atoms. The normalized spacial score (nSPS) is 17.6. The third kappa shape index (κ3) is 2.54. The molecule has 0 bridgehead atoms. The lowest BCUT2D eigenvalue weighted by Gasteiger charge is -2.16. The average molecular weight is 292 g/mol. The van der Waals surface area contributed by atoms with Gasteiger partial charge in [-0.25, -0.2) is 4.98 Å². The molecule has 3 rings (SSSR count). The van der Waals surface area contributed by atoms with Crippen LogP contribution < -0.4 is 5.32 Å². The van der Waals surface area contributed by atoms with Gasteiger partial charge in [0.1, 0.15) is 11.6 Å². The Kier molecular flexibility index (Phi) is 3.44. The Bertz CT molecular complexity index is 636. The summed E-state index contributed by atoms with van der Waals surface area (Å²) in [4.78, 5) is 16.3. The zero-order valence-electron chi connectivity index (χ0n) is 11.0. The number of aromatic nitrogens is 2. The monoisotopic (exact) mass is 291 g/mol. The molecule has 1 atom stereocenters. The van der Waals surface area contributed by atoms with E-state index in [2.05, 4.69) is 22.4 Å². The van der Waals surface area contributed by atoms with Gasteiger partial charge >= 0.3 is 0 Å². The first-order valence-corrected chi connectivity index (χ1v) is 6.91. The second-order valence-electron chi connectivity index (χ2n) is 5.10. The van der Waals surface area contributed by atoms with E-state index < -0.39 is 0 Å². The number of nitrogens with zero attached hydrogens (tertiary/aromatic N) is 2. The van der Waals surface area contributed by atoms with Crippen LogP contribution in [0.3, 0.4) is 0 Å². The lowest BCUT2D eigenvalue weighted by atomic mass is 9.88. The van der Waals surface area contributed by atoms with Crippen LogP contribution in [0.15, 0.2) is 22.9 Å². The number of pyridine rings is 1. The Balaban J connectivity index is 1.81. The van der Waals surface area contributed by atoms with E-state index in [1.807, 2.05) is 0 Å². The van der Waals surface area contributed by atoms with Crippen molar-refractivity contribution in [1.82, 2.24) is 10.1 Å². The van der Waals surface area contributed by atoms with Gasteiger partial charge in [-0.3, -0.25) is 4.79 Å². The molecule has 0 spiro atoms. The minimum atomic E-state index is -0.293. The molecule has 5 nitrogen and oxygen atoms in total. The smallest absolute Gasteiger partial charge is 0.279 e. The highest BCUT2D eigenvalue weighted by molar-refractivity contribution is 6.30. The highest BCUT2D eigenvalue weighted by Gasteiger charge is 2.27. The van der Waals surface area contributed by atoms with Crippen molar-refractivity contribution in [3.05, 3.63) is 40.4 Å². The second-order valence-corrected chi connectivity index (χ2v) is 5.53. The van der Waals surface area contributed by atoms with Crippen molar-refractivity contribution in [1.29, 1.82) is 0 Å². The van der Waals surface area contributed by atoms with Gasteiger partial charge in [-0.1, -0.05) is 23.7 Å². The first-order chi connectivity index (χ1) is 9.63. The molecule has 2 aromatic heterocycles. The first-order valence-electron chi connectivity index (χ1n) is 6.54. The molecule has 0 fully saturated rings. The van der Waals surface area contributed by atoms with E-state index in [-0.39, 0.29) is 5.91 Å². The number of aryl methyl sites for hydroxylation is 1. The zero-order valence-corrected chi connectivity index (χ0v) is 11.8. The first kappa shape index (κ1) is 13.1. The summed E-state index contributed by atoms with van der Waals surface area (Å²) in [5.41, 5.74) is 1.29. The van der Waals surface area contributed by atoms with E-state index in [0.29, 0.717) is 22.5 Å². The van der Waals surface area contributed by atoms with Gasteiger partial charge in [-0.15, -0.1) is 0 Å². The number of fused-ring (bicyclic) bond motifs is 1. The molecule has 2 heterocycles. The predicted molar refractivity (Wildman–Crippen MR) is 74.9 cm³/mol. The summed E-state index contributed by atoms with van der Waals surface area (Å²) in [5, 5.41) is 7.13. The summed E-state index contributed by atoms with van der Waals surface area (Å²) >= 11 is 5.76. The van der Waals surface area contributed by atoms with Crippen molar-refractivity contribution in [3.8, 4) is 0 Å². The Morgan fingerprint density at radius 3 is 3.10 bits per heavy atom. The van der Waals surface area contributed by atoms with E-state index in [1.165, 1.54) is 6.20 Å². The molecular weight excluding hydrogens is 278 g/mol. The maximum absolute atomic E-state index is 12.2. The number of halogens is 1. The highest BCUT2D eigenvalue weighted by atomic mass is 35.5. The molecule has 104 valence electrons. The molecule has 2 aromatic rings. The molecule has 0 aromatic carbocycles. The molecule has 0 aliphatic heterocycles. The van der Waals surface area contributed by atoms with Crippen molar-refractivity contribution in [2.24, 2.45) is 5.92 Å². The quantitative estimate of drug-likeness (QED) is 0.923. The largest absolute Gasteiger partial charge is 0.360 e. The summed E-state index contributed by atoms with van der Waals surface area (Å²) in [5.74, 6) is 1.53. The number of nitrogens with one attached hydrogen (secondary N) is 1. The molecule has 0 radical (unpaired) electrons. The van der Waals surface area contributed by atoms with Crippen molar-refractivity contribution in [3.63, 3.8) is 0 Å². The Morgan fingerprint density at radius 1 is 1.50 bits per heavy atom. The van der Waals surface area contributed by atoms with Gasteiger partial charge in [0, 0.05) is 18.2 Å². The lowest BCUT2D eigenvalue weighted by Crippen LogP contribution is -2.18. The summed E-state index contributed by atoms with van der Waals surface area (Å²) in [6.07, 6.45) is 4.23. The number of amides is 1. The standard InChI is InChI=1S/C14H14ClN3O2/c1-8-2-4-11-10(6-8)13(18-20-11)14(19)17-12-5-3-9(15)7-16-12/h3,5,7-8H,2,4,6H2,1H3,(H,16,17,19). The predicted octanol–water partition coefficient (Wildman–Crippen LogP) is 3.10. The molecular formula is C14H14ClN3O2. The van der Waals surface area contributed by atoms with E-state index in [1.54, 1.807) is 12.1 Å². The van der Waals surface area contributed by atoms with Crippen LogP contribution in [0.25, 0.3) is 0 Å². The van der Waals surface area contributed by atoms with E-state index in [0.717, 1.165) is 30.6 Å². The summed E-state index contributed by atoms with van der Waals surface area (Å²) in [6.45, 7) is 2.17. The topological polar surface area (TPSA) is 68.0 Å². The highest BCUT2D eigenvalue weighted by Crippen LogP contribution is 2.28. The van der Waals surface area contributed by atoms with E-state index in [4.69, 9.17) is 16.1 Å². The average Bonchev–Trinajstić information content (AvgIpc) is 2.84. The van der Waals surface area contributed by atoms with Crippen molar-refractivity contribution in [2.75, 3.05) is 5.32 Å². The number of hydrogen-bond acceptors (Lipinski definition) is 4. The van der Waals surface area contributed by atoms with Crippen LogP contribution in [-0.2, 0) is 12.8 Å². The minimum Gasteiger partial charge on any atom is -0.360 e. The number of carbonyl (C=O) groups is 1. The summed E-state index contributed by atoms with van der Waals surface area (Å²) in [6, 6.07) is 3.32. The minimum absolute atomic E-state index is 0.293. The van der Waals surface area contributed by atoms with Crippen LogP contribution >= 0.6 is 11.6 Å².